The van der Waals surface area contributed by atoms with E-state index >= 15 is 0 Å². The van der Waals surface area contributed by atoms with E-state index in [1.807, 2.05) is 0 Å². The highest BCUT2D eigenvalue weighted by Crippen LogP contribution is 2.16. The van der Waals surface area contributed by atoms with Gasteiger partial charge < -0.3 is 9.73 Å². The molecule has 1 aromatic heterocycles. The van der Waals surface area contributed by atoms with Crippen molar-refractivity contribution in [3.8, 4) is 0 Å². The van der Waals surface area contributed by atoms with E-state index in [-0.39, 0.29) is 17.4 Å². The average Bonchev–Trinajstić information content (AvgIpc) is 2.75. The molecule has 0 saturated heterocycles. The van der Waals surface area contributed by atoms with Crippen molar-refractivity contribution in [2.24, 2.45) is 0 Å². The number of amides is 1. The Hall–Kier alpha value is -1.12. The van der Waals surface area contributed by atoms with E-state index in [9.17, 15) is 13.2 Å². The highest BCUT2D eigenvalue weighted by atomic mass is 79.9. The Morgan fingerprint density at radius 1 is 1.50 bits per heavy atom. The van der Waals surface area contributed by atoms with Gasteiger partial charge in [0.15, 0.2) is 5.76 Å². The zero-order valence-electron chi connectivity index (χ0n) is 9.94. The predicted octanol–water partition coefficient (Wildman–Crippen LogP) is 1.17. The standard InChI is InChI=1S/C10H13BrN2O4S/c1-7(11)6-12-10(14)8-4-5-9(17-8)18(15,16)13(2)3/h4-5H,1,6H2,2-3H3,(H,12,14). The van der Waals surface area contributed by atoms with Gasteiger partial charge in [0.2, 0.25) is 5.09 Å². The molecule has 0 fully saturated rings. The third-order valence-electron chi connectivity index (χ3n) is 1.98. The smallest absolute Gasteiger partial charge is 0.287 e. The van der Waals surface area contributed by atoms with Gasteiger partial charge in [0, 0.05) is 25.1 Å². The number of hydrogen-bond acceptors (Lipinski definition) is 4. The zero-order chi connectivity index (χ0) is 13.9. The number of hydrogen-bond donors (Lipinski definition) is 1. The quantitative estimate of drug-likeness (QED) is 0.875. The molecule has 18 heavy (non-hydrogen) atoms. The van der Waals surface area contributed by atoms with Crippen LogP contribution in [-0.2, 0) is 10.0 Å². The van der Waals surface area contributed by atoms with Crippen LogP contribution in [0, 0.1) is 0 Å². The van der Waals surface area contributed by atoms with Crippen LogP contribution in [0.4, 0.5) is 0 Å². The molecule has 100 valence electrons. The number of halogens is 1. The van der Waals surface area contributed by atoms with E-state index in [1.54, 1.807) is 0 Å². The molecule has 6 nitrogen and oxygen atoms in total. The van der Waals surface area contributed by atoms with Gasteiger partial charge in [-0.05, 0) is 12.1 Å². The minimum Gasteiger partial charge on any atom is -0.438 e. The van der Waals surface area contributed by atoms with Gasteiger partial charge in [0.1, 0.15) is 0 Å². The van der Waals surface area contributed by atoms with Crippen molar-refractivity contribution in [1.29, 1.82) is 0 Å². The van der Waals surface area contributed by atoms with Crippen molar-refractivity contribution < 1.29 is 17.6 Å². The van der Waals surface area contributed by atoms with Gasteiger partial charge in [-0.2, -0.15) is 0 Å². The van der Waals surface area contributed by atoms with Crippen LogP contribution in [0.15, 0.2) is 32.7 Å². The SMILES string of the molecule is C=C(Br)CNC(=O)c1ccc(S(=O)(=O)N(C)C)o1. The first-order valence-corrected chi connectivity index (χ1v) is 7.12. The summed E-state index contributed by atoms with van der Waals surface area (Å²) in [6.07, 6.45) is 0. The van der Waals surface area contributed by atoms with Crippen LogP contribution in [0.3, 0.4) is 0 Å². The molecule has 0 spiro atoms. The summed E-state index contributed by atoms with van der Waals surface area (Å²) in [6, 6.07) is 2.55. The molecule has 1 aromatic rings. The van der Waals surface area contributed by atoms with E-state index in [4.69, 9.17) is 4.42 Å². The molecule has 0 bridgehead atoms. The summed E-state index contributed by atoms with van der Waals surface area (Å²) in [5, 5.41) is 2.24. The first-order chi connectivity index (χ1) is 8.25. The van der Waals surface area contributed by atoms with Gasteiger partial charge >= 0.3 is 0 Å². The first kappa shape index (κ1) is 14.9. The number of carbonyl (C=O) groups excluding carboxylic acids is 1. The van der Waals surface area contributed by atoms with E-state index in [0.29, 0.717) is 4.48 Å². The topological polar surface area (TPSA) is 79.6 Å². The lowest BCUT2D eigenvalue weighted by atomic mass is 10.4. The Labute approximate surface area is 114 Å². The largest absolute Gasteiger partial charge is 0.438 e. The summed E-state index contributed by atoms with van der Waals surface area (Å²) in [6.45, 7) is 3.79. The van der Waals surface area contributed by atoms with Gasteiger partial charge in [-0.15, -0.1) is 0 Å². The van der Waals surface area contributed by atoms with Crippen LogP contribution in [0.25, 0.3) is 0 Å². The Balaban J connectivity index is 2.87. The van der Waals surface area contributed by atoms with E-state index < -0.39 is 15.9 Å². The van der Waals surface area contributed by atoms with Crippen molar-refractivity contribution in [1.82, 2.24) is 9.62 Å². The van der Waals surface area contributed by atoms with E-state index in [1.165, 1.54) is 26.2 Å². The zero-order valence-corrected chi connectivity index (χ0v) is 12.3. The molecule has 1 heterocycles. The minimum atomic E-state index is -3.66. The molecular weight excluding hydrogens is 324 g/mol. The van der Waals surface area contributed by atoms with Crippen molar-refractivity contribution in [2.75, 3.05) is 20.6 Å². The molecule has 1 N–H and O–H groups in total. The van der Waals surface area contributed by atoms with Crippen LogP contribution < -0.4 is 5.32 Å². The molecule has 1 amide bonds. The normalized spacial score (nSPS) is 11.6. The third kappa shape index (κ3) is 3.44. The Bertz CT molecular complexity index is 562. The summed E-state index contributed by atoms with van der Waals surface area (Å²) in [5.74, 6) is -0.569. The fourth-order valence-corrected chi connectivity index (χ4v) is 1.96. The summed E-state index contributed by atoms with van der Waals surface area (Å²) in [7, 11) is -0.898. The predicted molar refractivity (Wildman–Crippen MR) is 70.0 cm³/mol. The highest BCUT2D eigenvalue weighted by molar-refractivity contribution is 9.11. The fraction of sp³-hybridized carbons (Fsp3) is 0.300. The van der Waals surface area contributed by atoms with Gasteiger partial charge in [0.25, 0.3) is 15.9 Å². The second kappa shape index (κ2) is 5.68. The highest BCUT2D eigenvalue weighted by Gasteiger charge is 2.23. The molecule has 0 radical (unpaired) electrons. The molecule has 0 saturated carbocycles. The van der Waals surface area contributed by atoms with Crippen LogP contribution in [0.2, 0.25) is 0 Å². The number of carbonyl (C=O) groups is 1. The lowest BCUT2D eigenvalue weighted by Crippen LogP contribution is -2.24. The molecule has 0 aliphatic carbocycles. The molecule has 0 aliphatic heterocycles. The maximum atomic E-state index is 11.7. The average molecular weight is 337 g/mol. The summed E-state index contributed by atoms with van der Waals surface area (Å²) >= 11 is 3.09. The monoisotopic (exact) mass is 336 g/mol. The fourth-order valence-electron chi connectivity index (χ4n) is 1.02. The number of nitrogens with zero attached hydrogens (tertiary/aromatic N) is 1. The van der Waals surface area contributed by atoms with Crippen LogP contribution in [0.1, 0.15) is 10.6 Å². The minimum absolute atomic E-state index is 0.0656. The number of rotatable bonds is 5. The number of nitrogens with one attached hydrogen (secondary N) is 1. The molecule has 0 atom stereocenters. The maximum absolute atomic E-state index is 11.7. The Morgan fingerprint density at radius 2 is 2.11 bits per heavy atom. The van der Waals surface area contributed by atoms with Crippen molar-refractivity contribution in [3.05, 3.63) is 29.0 Å². The molecule has 8 heteroatoms. The number of furan rings is 1. The Kier molecular flexibility index (Phi) is 4.71. The van der Waals surface area contributed by atoms with E-state index in [0.717, 1.165) is 4.31 Å². The Morgan fingerprint density at radius 3 is 2.61 bits per heavy atom. The first-order valence-electron chi connectivity index (χ1n) is 4.89. The van der Waals surface area contributed by atoms with Crippen molar-refractivity contribution >= 4 is 31.9 Å². The molecule has 0 unspecified atom stereocenters. The lowest BCUT2D eigenvalue weighted by molar-refractivity contribution is 0.0924. The molecule has 0 aromatic carbocycles. The lowest BCUT2D eigenvalue weighted by Gasteiger charge is -2.07. The molecule has 0 aliphatic rings. The van der Waals surface area contributed by atoms with Crippen LogP contribution >= 0.6 is 15.9 Å². The number of sulfonamides is 1. The summed E-state index contributed by atoms with van der Waals surface area (Å²) in [4.78, 5) is 11.6. The van der Waals surface area contributed by atoms with Crippen molar-refractivity contribution in [3.63, 3.8) is 0 Å². The van der Waals surface area contributed by atoms with Gasteiger partial charge in [-0.1, -0.05) is 22.5 Å². The molecular formula is C10H13BrN2O4S. The summed E-state index contributed by atoms with van der Waals surface area (Å²) < 4.78 is 30.1. The maximum Gasteiger partial charge on any atom is 0.287 e. The summed E-state index contributed by atoms with van der Waals surface area (Å²) in [5.41, 5.74) is 0. The van der Waals surface area contributed by atoms with Crippen molar-refractivity contribution in [2.45, 2.75) is 5.09 Å². The van der Waals surface area contributed by atoms with Gasteiger partial charge in [-0.3, -0.25) is 4.79 Å². The van der Waals surface area contributed by atoms with Gasteiger partial charge in [-0.25, -0.2) is 12.7 Å². The van der Waals surface area contributed by atoms with Gasteiger partial charge in [0.05, 0.1) is 0 Å². The van der Waals surface area contributed by atoms with Crippen LogP contribution in [-0.4, -0.2) is 39.3 Å². The van der Waals surface area contributed by atoms with Crippen LogP contribution in [0.5, 0.6) is 0 Å². The molecule has 1 rings (SSSR count). The third-order valence-corrected chi connectivity index (χ3v) is 3.95. The van der Waals surface area contributed by atoms with E-state index in [2.05, 4.69) is 27.8 Å². The second-order valence-electron chi connectivity index (χ2n) is 3.61. The second-order valence-corrected chi connectivity index (χ2v) is 6.81.